The van der Waals surface area contributed by atoms with Crippen LogP contribution in [0.1, 0.15) is 35.9 Å². The predicted molar refractivity (Wildman–Crippen MR) is 79.4 cm³/mol. The van der Waals surface area contributed by atoms with Gasteiger partial charge in [0.25, 0.3) is 0 Å². The van der Waals surface area contributed by atoms with Gasteiger partial charge in [0.15, 0.2) is 0 Å². The van der Waals surface area contributed by atoms with Crippen molar-refractivity contribution >= 4 is 11.5 Å². The lowest BCUT2D eigenvalue weighted by molar-refractivity contribution is 0.0509. The topological polar surface area (TPSA) is 67.9 Å². The normalized spacial score (nSPS) is 15.8. The summed E-state index contributed by atoms with van der Waals surface area (Å²) in [7, 11) is 0. The Labute approximate surface area is 128 Å². The van der Waals surface area contributed by atoms with Crippen LogP contribution in [0.4, 0.5) is 4.39 Å². The Hall–Kier alpha value is -2.68. The predicted octanol–water partition coefficient (Wildman–Crippen LogP) is 3.13. The molecule has 1 aromatic heterocycles. The number of halogens is 1. The van der Waals surface area contributed by atoms with E-state index in [1.165, 1.54) is 22.9 Å². The number of ether oxygens (including phenoxy) is 1. The molecule has 5 nitrogen and oxygen atoms in total. The Balaban J connectivity index is 2.54. The van der Waals surface area contributed by atoms with Gasteiger partial charge in [0, 0.05) is 5.57 Å². The van der Waals surface area contributed by atoms with Crippen LogP contribution in [0, 0.1) is 11.3 Å². The SMILES string of the molecule is C=C/C(=C\C(=C)F)c1cc(C(=O)OCC)n(C2(C#N)CC2)n1. The molecule has 1 fully saturated rings. The van der Waals surface area contributed by atoms with Crippen LogP contribution >= 0.6 is 0 Å². The number of allylic oxidation sites excluding steroid dienone is 4. The van der Waals surface area contributed by atoms with E-state index in [1.807, 2.05) is 0 Å². The highest BCUT2D eigenvalue weighted by Crippen LogP contribution is 2.43. The molecule has 1 aromatic rings. The van der Waals surface area contributed by atoms with Gasteiger partial charge in [-0.2, -0.15) is 10.4 Å². The van der Waals surface area contributed by atoms with Crippen molar-refractivity contribution in [3.05, 3.63) is 48.6 Å². The van der Waals surface area contributed by atoms with Gasteiger partial charge in [0.05, 0.1) is 18.4 Å². The van der Waals surface area contributed by atoms with E-state index in [1.54, 1.807) is 6.92 Å². The Bertz CT molecular complexity index is 705. The van der Waals surface area contributed by atoms with Crippen LogP contribution in [-0.2, 0) is 10.3 Å². The molecule has 0 unspecified atom stereocenters. The van der Waals surface area contributed by atoms with Gasteiger partial charge in [-0.15, -0.1) is 0 Å². The lowest BCUT2D eigenvalue weighted by Gasteiger charge is -2.10. The smallest absolute Gasteiger partial charge is 0.356 e. The summed E-state index contributed by atoms with van der Waals surface area (Å²) in [6.07, 6.45) is 3.80. The van der Waals surface area contributed by atoms with Crippen LogP contribution in [0.25, 0.3) is 5.57 Å². The average molecular weight is 301 g/mol. The highest BCUT2D eigenvalue weighted by atomic mass is 19.1. The molecule has 0 radical (unpaired) electrons. The van der Waals surface area contributed by atoms with Crippen LogP contribution < -0.4 is 0 Å². The molecule has 0 atom stereocenters. The number of hydrogen-bond acceptors (Lipinski definition) is 4. The van der Waals surface area contributed by atoms with Gasteiger partial charge in [0.1, 0.15) is 17.1 Å². The van der Waals surface area contributed by atoms with E-state index in [2.05, 4.69) is 24.3 Å². The molecule has 0 aromatic carbocycles. The third-order valence-electron chi connectivity index (χ3n) is 3.36. The van der Waals surface area contributed by atoms with E-state index in [4.69, 9.17) is 4.74 Å². The monoisotopic (exact) mass is 301 g/mol. The maximum Gasteiger partial charge on any atom is 0.356 e. The second-order valence-corrected chi connectivity index (χ2v) is 4.94. The van der Waals surface area contributed by atoms with Crippen LogP contribution in [0.5, 0.6) is 0 Å². The molecule has 1 aliphatic carbocycles. The fourth-order valence-corrected chi connectivity index (χ4v) is 2.09. The number of rotatable bonds is 6. The van der Waals surface area contributed by atoms with Crippen molar-refractivity contribution in [2.24, 2.45) is 0 Å². The minimum Gasteiger partial charge on any atom is -0.461 e. The van der Waals surface area contributed by atoms with Crippen molar-refractivity contribution in [3.63, 3.8) is 0 Å². The zero-order valence-corrected chi connectivity index (χ0v) is 12.3. The van der Waals surface area contributed by atoms with E-state index in [0.29, 0.717) is 24.1 Å². The van der Waals surface area contributed by atoms with Crippen LogP contribution in [0.15, 0.2) is 37.2 Å². The highest BCUT2D eigenvalue weighted by Gasteiger charge is 2.48. The minimum absolute atomic E-state index is 0.174. The molecular formula is C16H16FN3O2. The first-order chi connectivity index (χ1) is 10.5. The molecule has 114 valence electrons. The van der Waals surface area contributed by atoms with Crippen molar-refractivity contribution in [1.82, 2.24) is 9.78 Å². The maximum atomic E-state index is 13.0. The average Bonchev–Trinajstić information content (AvgIpc) is 3.16. The van der Waals surface area contributed by atoms with Crippen LogP contribution in [0.3, 0.4) is 0 Å². The summed E-state index contributed by atoms with van der Waals surface area (Å²) in [5.41, 5.74) is 0.0799. The second kappa shape index (κ2) is 5.98. The Morgan fingerprint density at radius 2 is 2.36 bits per heavy atom. The summed E-state index contributed by atoms with van der Waals surface area (Å²) in [6.45, 7) is 8.68. The lowest BCUT2D eigenvalue weighted by Crippen LogP contribution is -2.22. The number of nitrogens with zero attached hydrogens (tertiary/aromatic N) is 3. The zero-order chi connectivity index (χ0) is 16.3. The zero-order valence-electron chi connectivity index (χ0n) is 12.3. The summed E-state index contributed by atoms with van der Waals surface area (Å²) in [6, 6.07) is 3.65. The fourth-order valence-electron chi connectivity index (χ4n) is 2.09. The molecule has 6 heteroatoms. The molecule has 2 rings (SSSR count). The first kappa shape index (κ1) is 15.7. The van der Waals surface area contributed by atoms with Gasteiger partial charge in [-0.3, -0.25) is 0 Å². The second-order valence-electron chi connectivity index (χ2n) is 4.94. The quantitative estimate of drug-likeness (QED) is 0.598. The third-order valence-corrected chi connectivity index (χ3v) is 3.36. The molecule has 0 spiro atoms. The molecule has 0 bridgehead atoms. The molecule has 0 saturated heterocycles. The number of nitriles is 1. The Morgan fingerprint density at radius 3 is 2.82 bits per heavy atom. The van der Waals surface area contributed by atoms with E-state index in [9.17, 15) is 14.4 Å². The Morgan fingerprint density at radius 1 is 1.68 bits per heavy atom. The summed E-state index contributed by atoms with van der Waals surface area (Å²) in [5, 5.41) is 13.6. The maximum absolute atomic E-state index is 13.0. The molecule has 1 heterocycles. The molecule has 1 aliphatic rings. The number of hydrogen-bond donors (Lipinski definition) is 0. The summed E-state index contributed by atoms with van der Waals surface area (Å²) in [5.74, 6) is -1.21. The van der Waals surface area contributed by atoms with Crippen molar-refractivity contribution in [1.29, 1.82) is 5.26 Å². The third kappa shape index (κ3) is 2.84. The summed E-state index contributed by atoms with van der Waals surface area (Å²) < 4.78 is 19.4. The fraction of sp³-hybridized carbons (Fsp3) is 0.312. The summed E-state index contributed by atoms with van der Waals surface area (Å²) >= 11 is 0. The van der Waals surface area contributed by atoms with Gasteiger partial charge >= 0.3 is 5.97 Å². The van der Waals surface area contributed by atoms with E-state index in [-0.39, 0.29) is 12.3 Å². The van der Waals surface area contributed by atoms with Gasteiger partial charge in [-0.25, -0.2) is 13.9 Å². The highest BCUT2D eigenvalue weighted by molar-refractivity contribution is 5.89. The van der Waals surface area contributed by atoms with E-state index < -0.39 is 17.3 Å². The standard InChI is InChI=1S/C16H16FN3O2/c1-4-12(8-11(3)17)13-9-14(15(21)22-5-2)20(19-13)16(10-18)6-7-16/h4,8-9H,1,3,5-7H2,2H3/b12-8+. The molecule has 0 N–H and O–H groups in total. The lowest BCUT2D eigenvalue weighted by atomic mass is 10.1. The number of esters is 1. The number of carbonyl (C=O) groups is 1. The van der Waals surface area contributed by atoms with Gasteiger partial charge in [-0.1, -0.05) is 19.2 Å². The van der Waals surface area contributed by atoms with Crippen molar-refractivity contribution in [2.75, 3.05) is 6.61 Å². The van der Waals surface area contributed by atoms with Crippen molar-refractivity contribution in [2.45, 2.75) is 25.3 Å². The summed E-state index contributed by atoms with van der Waals surface area (Å²) in [4.78, 5) is 12.1. The van der Waals surface area contributed by atoms with Crippen molar-refractivity contribution in [3.8, 4) is 6.07 Å². The van der Waals surface area contributed by atoms with Crippen molar-refractivity contribution < 1.29 is 13.9 Å². The molecular weight excluding hydrogens is 285 g/mol. The molecule has 1 saturated carbocycles. The minimum atomic E-state index is -0.820. The van der Waals surface area contributed by atoms with Gasteiger partial charge in [0.2, 0.25) is 0 Å². The molecule has 0 amide bonds. The largest absolute Gasteiger partial charge is 0.461 e. The molecule has 0 aliphatic heterocycles. The van der Waals surface area contributed by atoms with Crippen LogP contribution in [0.2, 0.25) is 0 Å². The van der Waals surface area contributed by atoms with Gasteiger partial charge in [-0.05, 0) is 31.9 Å². The first-order valence-electron chi connectivity index (χ1n) is 6.85. The van der Waals surface area contributed by atoms with E-state index >= 15 is 0 Å². The van der Waals surface area contributed by atoms with Gasteiger partial charge < -0.3 is 4.74 Å². The Kier molecular flexibility index (Phi) is 4.27. The van der Waals surface area contributed by atoms with Crippen LogP contribution in [-0.4, -0.2) is 22.4 Å². The first-order valence-corrected chi connectivity index (χ1v) is 6.85. The molecule has 22 heavy (non-hydrogen) atoms. The van der Waals surface area contributed by atoms with E-state index in [0.717, 1.165) is 0 Å². The number of carbonyl (C=O) groups excluding carboxylic acids is 1. The number of aromatic nitrogens is 2.